The van der Waals surface area contributed by atoms with Crippen LogP contribution in [0.3, 0.4) is 0 Å². The lowest BCUT2D eigenvalue weighted by atomic mass is 10.2. The third-order valence-corrected chi connectivity index (χ3v) is 5.16. The topological polar surface area (TPSA) is 66.1 Å². The smallest absolute Gasteiger partial charge is 0.248 e. The summed E-state index contributed by atoms with van der Waals surface area (Å²) in [5, 5.41) is 4.56. The molecule has 0 saturated carbocycles. The molecule has 0 radical (unpaired) electrons. The van der Waals surface area contributed by atoms with Gasteiger partial charge in [0.2, 0.25) is 5.91 Å². The Kier molecular flexibility index (Phi) is 8.97. The zero-order valence-electron chi connectivity index (χ0n) is 13.8. The van der Waals surface area contributed by atoms with E-state index in [4.69, 9.17) is 35.4 Å². The molecule has 0 aliphatic heterocycles. The molecule has 2 rings (SSSR count). The lowest BCUT2D eigenvalue weighted by Gasteiger charge is -2.11. The molecule has 0 bridgehead atoms. The van der Waals surface area contributed by atoms with E-state index in [1.165, 1.54) is 11.8 Å². The fourth-order valence-electron chi connectivity index (χ4n) is 1.97. The zero-order chi connectivity index (χ0) is 18.8. The van der Waals surface area contributed by atoms with Crippen LogP contribution < -0.4 is 16.2 Å². The van der Waals surface area contributed by atoms with E-state index in [9.17, 15) is 4.79 Å². The van der Waals surface area contributed by atoms with E-state index in [1.807, 2.05) is 18.2 Å². The molecule has 1 aromatic carbocycles. The van der Waals surface area contributed by atoms with E-state index >= 15 is 0 Å². The first kappa shape index (κ1) is 20.8. The summed E-state index contributed by atoms with van der Waals surface area (Å²) >= 11 is 18.7. The van der Waals surface area contributed by atoms with Crippen LogP contribution in [0.25, 0.3) is 0 Å². The third kappa shape index (κ3) is 7.37. The Morgan fingerprint density at radius 2 is 1.88 bits per heavy atom. The summed E-state index contributed by atoms with van der Waals surface area (Å²) in [7, 11) is 0. The molecule has 0 spiro atoms. The number of aromatic nitrogens is 1. The Morgan fingerprint density at radius 3 is 2.58 bits per heavy atom. The van der Waals surface area contributed by atoms with Crippen molar-refractivity contribution in [3.05, 3.63) is 63.9 Å². The first-order valence-corrected chi connectivity index (χ1v) is 10.1. The summed E-state index contributed by atoms with van der Waals surface area (Å²) in [6.45, 7) is 0.623. The predicted octanol–water partition coefficient (Wildman–Crippen LogP) is 3.36. The number of carbonyl (C=O) groups excluding carboxylic acids is 1. The third-order valence-electron chi connectivity index (χ3n) is 3.25. The number of nitrogens with one attached hydrogen (secondary N) is 3. The molecular formula is C17H18Cl2N4OS2. The summed E-state index contributed by atoms with van der Waals surface area (Å²) in [5.74, 6) is 0.621. The molecule has 1 heterocycles. The number of thiocarbonyl (C=S) groups is 1. The Bertz CT molecular complexity index is 727. The number of halogens is 2. The SMILES string of the molecule is O=C(CSCc1c(Cl)cccc1Cl)NNC(=S)NCCc1ccccn1. The highest BCUT2D eigenvalue weighted by Gasteiger charge is 2.08. The van der Waals surface area contributed by atoms with E-state index in [-0.39, 0.29) is 11.7 Å². The minimum atomic E-state index is -0.188. The van der Waals surface area contributed by atoms with Crippen molar-refractivity contribution in [1.82, 2.24) is 21.2 Å². The molecule has 3 N–H and O–H groups in total. The summed E-state index contributed by atoms with van der Waals surface area (Å²) in [4.78, 5) is 16.1. The number of hydrazine groups is 1. The molecular weight excluding hydrogens is 411 g/mol. The molecule has 0 unspecified atom stereocenters. The van der Waals surface area contributed by atoms with Crippen LogP contribution in [0.2, 0.25) is 10.0 Å². The molecule has 2 aromatic rings. The monoisotopic (exact) mass is 428 g/mol. The van der Waals surface area contributed by atoms with E-state index in [0.29, 0.717) is 27.5 Å². The second-order valence-corrected chi connectivity index (χ2v) is 7.40. The number of hydrogen-bond donors (Lipinski definition) is 3. The molecule has 138 valence electrons. The van der Waals surface area contributed by atoms with Crippen LogP contribution in [0.1, 0.15) is 11.3 Å². The molecule has 0 fully saturated rings. The molecule has 0 aliphatic carbocycles. The highest BCUT2D eigenvalue weighted by Crippen LogP contribution is 2.27. The maximum absolute atomic E-state index is 11.8. The van der Waals surface area contributed by atoms with Crippen molar-refractivity contribution in [2.75, 3.05) is 12.3 Å². The molecule has 1 aromatic heterocycles. The van der Waals surface area contributed by atoms with Crippen molar-refractivity contribution in [3.63, 3.8) is 0 Å². The average Bonchev–Trinajstić information content (AvgIpc) is 2.63. The predicted molar refractivity (Wildman–Crippen MR) is 112 cm³/mol. The Labute approximate surface area is 172 Å². The van der Waals surface area contributed by atoms with Crippen molar-refractivity contribution < 1.29 is 4.79 Å². The number of nitrogens with zero attached hydrogens (tertiary/aromatic N) is 1. The van der Waals surface area contributed by atoms with Crippen LogP contribution in [0, 0.1) is 0 Å². The number of thioether (sulfide) groups is 1. The van der Waals surface area contributed by atoms with Crippen LogP contribution in [0.4, 0.5) is 0 Å². The van der Waals surface area contributed by atoms with E-state index in [1.54, 1.807) is 24.4 Å². The standard InChI is InChI=1S/C17H18Cl2N4OS2/c18-14-5-3-6-15(19)13(14)10-26-11-16(24)22-23-17(25)21-9-7-12-4-1-2-8-20-12/h1-6,8H,7,9-11H2,(H,22,24)(H2,21,23,25). The summed E-state index contributed by atoms with van der Waals surface area (Å²) in [6.07, 6.45) is 2.49. The van der Waals surface area contributed by atoms with Crippen LogP contribution in [0.15, 0.2) is 42.6 Å². The average molecular weight is 429 g/mol. The van der Waals surface area contributed by atoms with E-state index < -0.39 is 0 Å². The van der Waals surface area contributed by atoms with Gasteiger partial charge in [-0.3, -0.25) is 20.6 Å². The van der Waals surface area contributed by atoms with Crippen LogP contribution in [-0.4, -0.2) is 28.3 Å². The highest BCUT2D eigenvalue weighted by molar-refractivity contribution is 7.99. The van der Waals surface area contributed by atoms with Crippen LogP contribution >= 0.6 is 47.2 Å². The van der Waals surface area contributed by atoms with Gasteiger partial charge >= 0.3 is 0 Å². The van der Waals surface area contributed by atoms with Crippen molar-refractivity contribution in [2.24, 2.45) is 0 Å². The zero-order valence-corrected chi connectivity index (χ0v) is 16.9. The fraction of sp³-hybridized carbons (Fsp3) is 0.235. The molecule has 26 heavy (non-hydrogen) atoms. The first-order chi connectivity index (χ1) is 12.6. The highest BCUT2D eigenvalue weighted by atomic mass is 35.5. The first-order valence-electron chi connectivity index (χ1n) is 7.79. The van der Waals surface area contributed by atoms with Gasteiger partial charge in [-0.15, -0.1) is 11.8 Å². The van der Waals surface area contributed by atoms with Crippen LogP contribution in [-0.2, 0) is 17.0 Å². The van der Waals surface area contributed by atoms with Crippen molar-refractivity contribution >= 4 is 58.2 Å². The van der Waals surface area contributed by atoms with Gasteiger partial charge in [-0.25, -0.2) is 0 Å². The van der Waals surface area contributed by atoms with Gasteiger partial charge in [0.1, 0.15) is 0 Å². The minimum Gasteiger partial charge on any atom is -0.361 e. The molecule has 0 atom stereocenters. The summed E-state index contributed by atoms with van der Waals surface area (Å²) < 4.78 is 0. The van der Waals surface area contributed by atoms with Gasteiger partial charge < -0.3 is 5.32 Å². The number of rotatable bonds is 7. The van der Waals surface area contributed by atoms with Gasteiger partial charge in [0.15, 0.2) is 5.11 Å². The number of amides is 1. The second kappa shape index (κ2) is 11.2. The number of carbonyl (C=O) groups is 1. The second-order valence-electron chi connectivity index (χ2n) is 5.19. The van der Waals surface area contributed by atoms with Gasteiger partial charge in [-0.1, -0.05) is 35.3 Å². The molecule has 0 saturated heterocycles. The fourth-order valence-corrected chi connectivity index (χ4v) is 3.69. The van der Waals surface area contributed by atoms with Gasteiger partial charge in [0.05, 0.1) is 5.75 Å². The molecule has 5 nitrogen and oxygen atoms in total. The van der Waals surface area contributed by atoms with Gasteiger partial charge in [0, 0.05) is 40.7 Å². The van der Waals surface area contributed by atoms with Crippen molar-refractivity contribution in [3.8, 4) is 0 Å². The number of benzene rings is 1. The Balaban J connectivity index is 1.60. The van der Waals surface area contributed by atoms with Gasteiger partial charge in [0.25, 0.3) is 0 Å². The normalized spacial score (nSPS) is 10.2. The largest absolute Gasteiger partial charge is 0.361 e. The maximum atomic E-state index is 11.8. The van der Waals surface area contributed by atoms with Gasteiger partial charge in [-0.2, -0.15) is 0 Å². The Morgan fingerprint density at radius 1 is 1.12 bits per heavy atom. The number of pyridine rings is 1. The molecule has 1 amide bonds. The lowest BCUT2D eigenvalue weighted by molar-refractivity contribution is -0.119. The summed E-state index contributed by atoms with van der Waals surface area (Å²) in [6, 6.07) is 11.1. The van der Waals surface area contributed by atoms with Gasteiger partial charge in [-0.05, 0) is 42.0 Å². The van der Waals surface area contributed by atoms with Crippen molar-refractivity contribution in [2.45, 2.75) is 12.2 Å². The number of hydrogen-bond acceptors (Lipinski definition) is 4. The van der Waals surface area contributed by atoms with Crippen molar-refractivity contribution in [1.29, 1.82) is 0 Å². The lowest BCUT2D eigenvalue weighted by Crippen LogP contribution is -2.47. The summed E-state index contributed by atoms with van der Waals surface area (Å²) in [5.41, 5.74) is 7.03. The van der Waals surface area contributed by atoms with E-state index in [2.05, 4.69) is 21.2 Å². The quantitative estimate of drug-likeness (QED) is 0.464. The molecule has 0 aliphatic rings. The Hall–Kier alpha value is -1.54. The minimum absolute atomic E-state index is 0.188. The maximum Gasteiger partial charge on any atom is 0.248 e. The molecule has 9 heteroatoms. The van der Waals surface area contributed by atoms with Crippen LogP contribution in [0.5, 0.6) is 0 Å². The van der Waals surface area contributed by atoms with E-state index in [0.717, 1.165) is 17.7 Å².